The molecule has 1 saturated heterocycles. The lowest BCUT2D eigenvalue weighted by atomic mass is 10.0. The average molecular weight is 343 g/mol. The van der Waals surface area contributed by atoms with Crippen molar-refractivity contribution in [3.05, 3.63) is 24.3 Å². The largest absolute Gasteiger partial charge is 0.329 e. The van der Waals surface area contributed by atoms with E-state index in [-0.39, 0.29) is 29.8 Å². The van der Waals surface area contributed by atoms with Gasteiger partial charge in [-0.05, 0) is 42.5 Å². The number of rotatable bonds is 6. The molecular weight excluding hydrogens is 322 g/mol. The van der Waals surface area contributed by atoms with Crippen molar-refractivity contribution < 1.29 is 13.2 Å². The molecule has 0 radical (unpaired) electrons. The highest BCUT2D eigenvalue weighted by Gasteiger charge is 2.22. The van der Waals surface area contributed by atoms with Crippen LogP contribution in [0.2, 0.25) is 0 Å². The number of amides is 1. The van der Waals surface area contributed by atoms with Crippen molar-refractivity contribution in [1.29, 1.82) is 0 Å². The maximum Gasteiger partial charge on any atom is 0.240 e. The molecule has 1 amide bonds. The maximum absolute atomic E-state index is 12.2. The van der Waals surface area contributed by atoms with Gasteiger partial charge < -0.3 is 11.1 Å². The van der Waals surface area contributed by atoms with Crippen molar-refractivity contribution in [3.63, 3.8) is 0 Å². The van der Waals surface area contributed by atoms with E-state index in [1.165, 1.54) is 12.1 Å². The first-order valence-corrected chi connectivity index (χ1v) is 9.85. The average Bonchev–Trinajstić information content (AvgIpc) is 2.54. The van der Waals surface area contributed by atoms with Gasteiger partial charge in [-0.1, -0.05) is 6.07 Å². The summed E-state index contributed by atoms with van der Waals surface area (Å²) in [6, 6.07) is 6.26. The van der Waals surface area contributed by atoms with E-state index in [9.17, 15) is 13.2 Å². The van der Waals surface area contributed by atoms with E-state index in [2.05, 4.69) is 10.0 Å². The molecule has 4 N–H and O–H groups in total. The second kappa shape index (κ2) is 7.96. The van der Waals surface area contributed by atoms with Gasteiger partial charge in [-0.2, -0.15) is 11.8 Å². The van der Waals surface area contributed by atoms with Crippen LogP contribution in [-0.2, 0) is 14.8 Å². The smallest absolute Gasteiger partial charge is 0.240 e. The van der Waals surface area contributed by atoms with E-state index in [4.69, 9.17) is 5.73 Å². The lowest BCUT2D eigenvalue weighted by Gasteiger charge is -2.20. The normalized spacial score (nSPS) is 16.4. The molecule has 6 nitrogen and oxygen atoms in total. The van der Waals surface area contributed by atoms with Crippen molar-refractivity contribution in [2.75, 3.05) is 29.9 Å². The number of nitrogens with two attached hydrogens (primary N) is 1. The molecule has 1 aliphatic heterocycles. The minimum atomic E-state index is -3.59. The highest BCUT2D eigenvalue weighted by molar-refractivity contribution is 7.99. The molecule has 0 unspecified atom stereocenters. The van der Waals surface area contributed by atoms with Crippen LogP contribution in [0.25, 0.3) is 0 Å². The maximum atomic E-state index is 12.2. The van der Waals surface area contributed by atoms with Crippen molar-refractivity contribution >= 4 is 33.4 Å². The second-order valence-electron chi connectivity index (χ2n) is 5.09. The third-order valence-electron chi connectivity index (χ3n) is 3.44. The number of hydrogen-bond acceptors (Lipinski definition) is 5. The summed E-state index contributed by atoms with van der Waals surface area (Å²) >= 11 is 1.86. The van der Waals surface area contributed by atoms with Gasteiger partial charge in [0.2, 0.25) is 15.9 Å². The monoisotopic (exact) mass is 343 g/mol. The topological polar surface area (TPSA) is 101 Å². The first kappa shape index (κ1) is 17.3. The van der Waals surface area contributed by atoms with Crippen molar-refractivity contribution in [3.8, 4) is 0 Å². The third kappa shape index (κ3) is 4.70. The fraction of sp³-hybridized carbons (Fsp3) is 0.500. The Morgan fingerprint density at radius 2 is 2.05 bits per heavy atom. The van der Waals surface area contributed by atoms with Crippen LogP contribution in [0.1, 0.15) is 12.8 Å². The standard InChI is InChI=1S/C14H21N3O3S2/c15-6-7-16-22(19,20)13-3-1-2-12(10-13)17-14(18)11-4-8-21-9-5-11/h1-3,10-11,16H,4-9,15H2,(H,17,18). The molecule has 1 heterocycles. The van der Waals surface area contributed by atoms with Gasteiger partial charge in [0.1, 0.15) is 0 Å². The Labute approximate surface area is 135 Å². The Morgan fingerprint density at radius 1 is 1.32 bits per heavy atom. The number of sulfonamides is 1. The van der Waals surface area contributed by atoms with Gasteiger partial charge in [0.15, 0.2) is 0 Å². The van der Waals surface area contributed by atoms with Gasteiger partial charge in [-0.25, -0.2) is 13.1 Å². The van der Waals surface area contributed by atoms with Crippen LogP contribution >= 0.6 is 11.8 Å². The number of anilines is 1. The van der Waals surface area contributed by atoms with E-state index in [1.54, 1.807) is 12.1 Å². The summed E-state index contributed by atoms with van der Waals surface area (Å²) in [5.41, 5.74) is 5.81. The van der Waals surface area contributed by atoms with Crippen molar-refractivity contribution in [1.82, 2.24) is 4.72 Å². The van der Waals surface area contributed by atoms with Gasteiger partial charge in [-0.15, -0.1) is 0 Å². The Kier molecular flexibility index (Phi) is 6.25. The zero-order valence-corrected chi connectivity index (χ0v) is 13.9. The zero-order chi connectivity index (χ0) is 16.0. The predicted molar refractivity (Wildman–Crippen MR) is 89.4 cm³/mol. The van der Waals surface area contributed by atoms with Crippen LogP contribution in [0.3, 0.4) is 0 Å². The van der Waals surface area contributed by atoms with Gasteiger partial charge >= 0.3 is 0 Å². The Hall–Kier alpha value is -1.09. The van der Waals surface area contributed by atoms with Crippen molar-refractivity contribution in [2.45, 2.75) is 17.7 Å². The molecule has 0 atom stereocenters. The zero-order valence-electron chi connectivity index (χ0n) is 12.2. The van der Waals surface area contributed by atoms with Gasteiger partial charge in [0, 0.05) is 24.7 Å². The van der Waals surface area contributed by atoms with Crippen LogP contribution in [0.15, 0.2) is 29.2 Å². The second-order valence-corrected chi connectivity index (χ2v) is 8.08. The van der Waals surface area contributed by atoms with E-state index in [0.717, 1.165) is 24.3 Å². The summed E-state index contributed by atoms with van der Waals surface area (Å²) < 4.78 is 26.5. The lowest BCUT2D eigenvalue weighted by Crippen LogP contribution is -2.29. The van der Waals surface area contributed by atoms with Crippen LogP contribution in [0.5, 0.6) is 0 Å². The molecule has 0 saturated carbocycles. The molecule has 1 aromatic rings. The highest BCUT2D eigenvalue weighted by atomic mass is 32.2. The molecular formula is C14H21N3O3S2. The molecule has 8 heteroatoms. The molecule has 0 bridgehead atoms. The number of thioether (sulfide) groups is 1. The quantitative estimate of drug-likeness (QED) is 0.715. The van der Waals surface area contributed by atoms with E-state index < -0.39 is 10.0 Å². The summed E-state index contributed by atoms with van der Waals surface area (Å²) in [5, 5.41) is 2.82. The SMILES string of the molecule is NCCNS(=O)(=O)c1cccc(NC(=O)C2CCSCC2)c1. The molecule has 22 heavy (non-hydrogen) atoms. The number of hydrogen-bond donors (Lipinski definition) is 3. The lowest BCUT2D eigenvalue weighted by molar-refractivity contribution is -0.120. The molecule has 0 aliphatic carbocycles. The van der Waals surface area contributed by atoms with Crippen LogP contribution in [-0.4, -0.2) is 38.9 Å². The van der Waals surface area contributed by atoms with Crippen LogP contribution in [0.4, 0.5) is 5.69 Å². The summed E-state index contributed by atoms with van der Waals surface area (Å²) in [6.45, 7) is 0.411. The first-order chi connectivity index (χ1) is 10.5. The first-order valence-electron chi connectivity index (χ1n) is 7.21. The fourth-order valence-corrected chi connectivity index (χ4v) is 4.42. The van der Waals surface area contributed by atoms with E-state index in [0.29, 0.717) is 5.69 Å². The molecule has 1 fully saturated rings. The van der Waals surface area contributed by atoms with E-state index in [1.807, 2.05) is 11.8 Å². The molecule has 1 aromatic carbocycles. The summed E-state index contributed by atoms with van der Waals surface area (Å²) in [6.07, 6.45) is 1.74. The summed E-state index contributed by atoms with van der Waals surface area (Å²) in [4.78, 5) is 12.3. The molecule has 1 aliphatic rings. The molecule has 0 spiro atoms. The van der Waals surface area contributed by atoms with Crippen LogP contribution < -0.4 is 15.8 Å². The van der Waals surface area contributed by atoms with E-state index >= 15 is 0 Å². The van der Waals surface area contributed by atoms with Gasteiger partial charge in [0.25, 0.3) is 0 Å². The van der Waals surface area contributed by atoms with Gasteiger partial charge in [0.05, 0.1) is 4.90 Å². The number of carbonyl (C=O) groups excluding carboxylic acids is 1. The minimum Gasteiger partial charge on any atom is -0.329 e. The highest BCUT2D eigenvalue weighted by Crippen LogP contribution is 2.24. The Bertz CT molecular complexity index is 614. The minimum absolute atomic E-state index is 0.0110. The summed E-state index contributed by atoms with van der Waals surface area (Å²) in [5.74, 6) is 1.96. The van der Waals surface area contributed by atoms with Crippen molar-refractivity contribution in [2.24, 2.45) is 11.7 Å². The number of nitrogens with one attached hydrogen (secondary N) is 2. The predicted octanol–water partition coefficient (Wildman–Crippen LogP) is 1.01. The Balaban J connectivity index is 2.06. The molecule has 0 aromatic heterocycles. The molecule has 122 valence electrons. The number of carbonyl (C=O) groups is 1. The molecule has 2 rings (SSSR count). The van der Waals surface area contributed by atoms with Gasteiger partial charge in [-0.3, -0.25) is 4.79 Å². The third-order valence-corrected chi connectivity index (χ3v) is 5.95. The van der Waals surface area contributed by atoms with Crippen LogP contribution in [0, 0.1) is 5.92 Å². The Morgan fingerprint density at radius 3 is 2.73 bits per heavy atom. The number of benzene rings is 1. The fourth-order valence-electron chi connectivity index (χ4n) is 2.22. The summed E-state index contributed by atoms with van der Waals surface area (Å²) in [7, 11) is -3.59.